The summed E-state index contributed by atoms with van der Waals surface area (Å²) in [5.74, 6) is 2.46. The fourth-order valence-electron chi connectivity index (χ4n) is 4.25. The number of phenols is 2. The number of hydrogen-bond acceptors (Lipinski definition) is 5. The highest BCUT2D eigenvalue weighted by atomic mass is 16.5. The number of benzene rings is 3. The van der Waals surface area contributed by atoms with Gasteiger partial charge in [-0.3, -0.25) is 0 Å². The molecule has 164 valence electrons. The Hall–Kier alpha value is -3.60. The number of phenolic OH excluding ortho intramolecular Hbond substituents is 2. The monoisotopic (exact) mass is 430 g/mol. The van der Waals surface area contributed by atoms with Crippen molar-refractivity contribution in [2.45, 2.75) is 38.7 Å². The Labute approximate surface area is 187 Å². The van der Waals surface area contributed by atoms with E-state index in [9.17, 15) is 10.2 Å². The van der Waals surface area contributed by atoms with Gasteiger partial charge in [-0.2, -0.15) is 0 Å². The molecule has 1 unspecified atom stereocenters. The average molecular weight is 431 g/mol. The fraction of sp³-hybridized carbons (Fsp3) is 0.259. The van der Waals surface area contributed by atoms with Crippen LogP contribution in [0.1, 0.15) is 43.4 Å². The van der Waals surface area contributed by atoms with Crippen molar-refractivity contribution < 1.29 is 24.4 Å². The molecule has 0 aliphatic carbocycles. The van der Waals surface area contributed by atoms with Gasteiger partial charge >= 0.3 is 0 Å². The number of ether oxygens (including phenoxy) is 3. The summed E-state index contributed by atoms with van der Waals surface area (Å²) in [5.41, 5.74) is 3.29. The highest BCUT2D eigenvalue weighted by molar-refractivity contribution is 5.89. The van der Waals surface area contributed by atoms with Crippen LogP contribution < -0.4 is 14.2 Å². The predicted molar refractivity (Wildman–Crippen MR) is 124 cm³/mol. The lowest BCUT2D eigenvalue weighted by Crippen LogP contribution is -2.35. The van der Waals surface area contributed by atoms with Crippen LogP contribution in [0, 0.1) is 0 Å². The second-order valence-electron chi connectivity index (χ2n) is 8.58. The van der Waals surface area contributed by atoms with E-state index in [4.69, 9.17) is 14.2 Å². The first-order valence-corrected chi connectivity index (χ1v) is 10.9. The summed E-state index contributed by atoms with van der Waals surface area (Å²) < 4.78 is 18.3. The van der Waals surface area contributed by atoms with Gasteiger partial charge < -0.3 is 24.4 Å². The van der Waals surface area contributed by atoms with Crippen LogP contribution in [-0.4, -0.2) is 22.4 Å². The molecule has 2 heterocycles. The zero-order valence-electron chi connectivity index (χ0n) is 18.2. The van der Waals surface area contributed by atoms with Gasteiger partial charge in [-0.25, -0.2) is 0 Å². The van der Waals surface area contributed by atoms with E-state index < -0.39 is 0 Å². The van der Waals surface area contributed by atoms with Crippen LogP contribution in [0.5, 0.6) is 34.5 Å². The van der Waals surface area contributed by atoms with Crippen LogP contribution in [0.25, 0.3) is 11.6 Å². The zero-order chi connectivity index (χ0) is 22.3. The molecule has 2 aliphatic heterocycles. The third-order valence-electron chi connectivity index (χ3n) is 6.35. The van der Waals surface area contributed by atoms with E-state index in [0.29, 0.717) is 17.9 Å². The standard InChI is InChI=1S/C27H26O5/c1-3-27(2)12-11-20-24(32-27)10-9-17-13-18(16-30-26(17)20)21-14-25(23(29)15-22(21)28)31-19-7-5-4-6-8-19/h4-10,13-15,28-29H,3,11-12,16H2,1-2H3. The van der Waals surface area contributed by atoms with Gasteiger partial charge in [-0.05, 0) is 62.6 Å². The van der Waals surface area contributed by atoms with Crippen molar-refractivity contribution in [2.24, 2.45) is 0 Å². The molecule has 0 spiro atoms. The van der Waals surface area contributed by atoms with Crippen LogP contribution in [0.3, 0.4) is 0 Å². The first-order valence-electron chi connectivity index (χ1n) is 10.9. The molecule has 0 amide bonds. The van der Waals surface area contributed by atoms with E-state index in [2.05, 4.69) is 13.8 Å². The van der Waals surface area contributed by atoms with Crippen molar-refractivity contribution in [3.63, 3.8) is 0 Å². The van der Waals surface area contributed by atoms with Crippen LogP contribution in [0.4, 0.5) is 0 Å². The maximum Gasteiger partial charge on any atom is 0.169 e. The molecular weight excluding hydrogens is 404 g/mol. The van der Waals surface area contributed by atoms with Crippen LogP contribution in [-0.2, 0) is 6.42 Å². The summed E-state index contributed by atoms with van der Waals surface area (Å²) in [6, 6.07) is 16.2. The molecule has 2 N–H and O–H groups in total. The number of fused-ring (bicyclic) bond motifs is 3. The SMILES string of the molecule is CCC1(C)CCc2c(ccc3c2OCC(c2cc(Oc4ccccc4)c(O)cc2O)=C3)O1. The molecule has 0 aromatic heterocycles. The van der Waals surface area contributed by atoms with Crippen molar-refractivity contribution in [2.75, 3.05) is 6.61 Å². The molecule has 0 bridgehead atoms. The number of rotatable bonds is 4. The summed E-state index contributed by atoms with van der Waals surface area (Å²) in [6.45, 7) is 4.60. The lowest BCUT2D eigenvalue weighted by atomic mass is 9.88. The van der Waals surface area contributed by atoms with Gasteiger partial charge in [0.15, 0.2) is 11.5 Å². The Balaban J connectivity index is 1.49. The van der Waals surface area contributed by atoms with Crippen molar-refractivity contribution >= 4 is 11.6 Å². The summed E-state index contributed by atoms with van der Waals surface area (Å²) in [4.78, 5) is 0. The topological polar surface area (TPSA) is 68.2 Å². The van der Waals surface area contributed by atoms with E-state index >= 15 is 0 Å². The minimum Gasteiger partial charge on any atom is -0.507 e. The van der Waals surface area contributed by atoms with E-state index in [1.54, 1.807) is 18.2 Å². The van der Waals surface area contributed by atoms with Gasteiger partial charge in [-0.1, -0.05) is 25.1 Å². The van der Waals surface area contributed by atoms with E-state index in [0.717, 1.165) is 47.5 Å². The minimum atomic E-state index is -0.135. The third-order valence-corrected chi connectivity index (χ3v) is 6.35. The van der Waals surface area contributed by atoms with Crippen molar-refractivity contribution in [3.8, 4) is 34.5 Å². The Morgan fingerprint density at radius 3 is 2.62 bits per heavy atom. The Bertz CT molecular complexity index is 1200. The van der Waals surface area contributed by atoms with Gasteiger partial charge in [-0.15, -0.1) is 0 Å². The summed E-state index contributed by atoms with van der Waals surface area (Å²) in [6.07, 6.45) is 4.84. The molecule has 0 saturated carbocycles. The molecule has 5 nitrogen and oxygen atoms in total. The van der Waals surface area contributed by atoms with Crippen LogP contribution >= 0.6 is 0 Å². The third kappa shape index (κ3) is 3.64. The van der Waals surface area contributed by atoms with Crippen molar-refractivity contribution in [3.05, 3.63) is 71.3 Å². The van der Waals surface area contributed by atoms with Gasteiger partial charge in [0.2, 0.25) is 0 Å². The van der Waals surface area contributed by atoms with Gasteiger partial charge in [0.05, 0.1) is 0 Å². The number of para-hydroxylation sites is 1. The lowest BCUT2D eigenvalue weighted by Gasteiger charge is -2.36. The van der Waals surface area contributed by atoms with Gasteiger partial charge in [0.1, 0.15) is 35.2 Å². The van der Waals surface area contributed by atoms with Crippen LogP contribution in [0.2, 0.25) is 0 Å². The maximum atomic E-state index is 10.5. The first kappa shape index (κ1) is 20.3. The lowest BCUT2D eigenvalue weighted by molar-refractivity contribution is 0.0602. The van der Waals surface area contributed by atoms with Crippen molar-refractivity contribution in [1.29, 1.82) is 0 Å². The second kappa shape index (κ2) is 7.83. The second-order valence-corrected chi connectivity index (χ2v) is 8.58. The van der Waals surface area contributed by atoms with E-state index in [1.165, 1.54) is 6.07 Å². The molecule has 0 fully saturated rings. The smallest absolute Gasteiger partial charge is 0.169 e. The average Bonchev–Trinajstić information content (AvgIpc) is 2.81. The summed E-state index contributed by atoms with van der Waals surface area (Å²) >= 11 is 0. The molecule has 1 atom stereocenters. The van der Waals surface area contributed by atoms with E-state index in [-0.39, 0.29) is 22.8 Å². The quantitative estimate of drug-likeness (QED) is 0.507. The number of aromatic hydroxyl groups is 2. The normalized spacial score (nSPS) is 19.1. The first-order chi connectivity index (χ1) is 15.5. The molecule has 5 rings (SSSR count). The highest BCUT2D eigenvalue weighted by Crippen LogP contribution is 2.46. The van der Waals surface area contributed by atoms with E-state index in [1.807, 2.05) is 36.4 Å². The van der Waals surface area contributed by atoms with Crippen LogP contribution in [0.15, 0.2) is 54.6 Å². The minimum absolute atomic E-state index is 0.0267. The molecule has 5 heteroatoms. The fourth-order valence-corrected chi connectivity index (χ4v) is 4.25. The molecule has 32 heavy (non-hydrogen) atoms. The number of hydrogen-bond donors (Lipinski definition) is 2. The largest absolute Gasteiger partial charge is 0.507 e. The highest BCUT2D eigenvalue weighted by Gasteiger charge is 2.33. The molecule has 3 aromatic carbocycles. The Kier molecular flexibility index (Phi) is 4.97. The van der Waals surface area contributed by atoms with Gasteiger partial charge in [0.25, 0.3) is 0 Å². The molecule has 2 aliphatic rings. The summed E-state index contributed by atoms with van der Waals surface area (Å²) in [7, 11) is 0. The molecule has 3 aromatic rings. The maximum absolute atomic E-state index is 10.5. The Morgan fingerprint density at radius 2 is 1.84 bits per heavy atom. The molecular formula is C27H26O5. The Morgan fingerprint density at radius 1 is 1.03 bits per heavy atom. The zero-order valence-corrected chi connectivity index (χ0v) is 18.2. The van der Waals surface area contributed by atoms with Crippen molar-refractivity contribution in [1.82, 2.24) is 0 Å². The molecule has 0 radical (unpaired) electrons. The summed E-state index contributed by atoms with van der Waals surface area (Å²) in [5, 5.41) is 20.8. The predicted octanol–water partition coefficient (Wildman–Crippen LogP) is 6.32. The molecule has 0 saturated heterocycles. The van der Waals surface area contributed by atoms with Gasteiger partial charge in [0, 0.05) is 28.3 Å².